The molecular weight excluding hydrogens is 256 g/mol. The van der Waals surface area contributed by atoms with E-state index in [2.05, 4.69) is 6.58 Å². The van der Waals surface area contributed by atoms with Crippen LogP contribution in [0.5, 0.6) is 5.75 Å². The first kappa shape index (κ1) is 11.9. The average molecular weight is 268 g/mol. The summed E-state index contributed by atoms with van der Waals surface area (Å²) in [6.07, 6.45) is 1.75. The summed E-state index contributed by atoms with van der Waals surface area (Å²) < 4.78 is 7.13. The number of hydrogen-bond donors (Lipinski definition) is 0. The lowest BCUT2D eigenvalue weighted by molar-refractivity contribution is 0.415. The second kappa shape index (κ2) is 4.52. The van der Waals surface area contributed by atoms with E-state index in [0.717, 1.165) is 31.5 Å². The molecule has 0 radical (unpaired) electrons. The lowest BCUT2D eigenvalue weighted by Crippen LogP contribution is -2.01. The first-order chi connectivity index (χ1) is 9.22. The monoisotopic (exact) mass is 268 g/mol. The van der Waals surface area contributed by atoms with Crippen LogP contribution in [0.4, 0.5) is 0 Å². The third-order valence-electron chi connectivity index (χ3n) is 3.14. The van der Waals surface area contributed by atoms with E-state index in [4.69, 9.17) is 4.74 Å². The van der Waals surface area contributed by atoms with Crippen LogP contribution in [0.25, 0.3) is 26.2 Å². The van der Waals surface area contributed by atoms with Crippen molar-refractivity contribution < 1.29 is 4.74 Å². The molecule has 0 unspecified atom stereocenters. The smallest absolute Gasteiger partial charge is 0.195 e. The predicted octanol–water partition coefficient (Wildman–Crippen LogP) is 4.07. The third kappa shape index (κ3) is 1.92. The standard InChI is InChI=1S/C16H12O2S/c1-3-10-4-7-14-13(8-10)16(17)12-6-5-11(18-2)9-15(12)19-14/h3-9H,1H2,2H3. The molecular formula is C16H12O2S. The Morgan fingerprint density at radius 1 is 1.11 bits per heavy atom. The Morgan fingerprint density at radius 3 is 2.68 bits per heavy atom. The zero-order valence-corrected chi connectivity index (χ0v) is 11.3. The summed E-state index contributed by atoms with van der Waals surface area (Å²) in [5, 5.41) is 1.49. The lowest BCUT2D eigenvalue weighted by atomic mass is 10.1. The molecule has 0 N–H and O–H groups in total. The van der Waals surface area contributed by atoms with E-state index >= 15 is 0 Å². The quantitative estimate of drug-likeness (QED) is 0.655. The summed E-state index contributed by atoms with van der Waals surface area (Å²) in [6, 6.07) is 11.4. The van der Waals surface area contributed by atoms with Gasteiger partial charge in [0.25, 0.3) is 0 Å². The van der Waals surface area contributed by atoms with Crippen LogP contribution in [-0.4, -0.2) is 7.11 Å². The molecule has 2 aromatic carbocycles. The van der Waals surface area contributed by atoms with E-state index in [1.807, 2.05) is 36.4 Å². The van der Waals surface area contributed by atoms with Crippen LogP contribution in [0.1, 0.15) is 5.56 Å². The average Bonchev–Trinajstić information content (AvgIpc) is 2.46. The van der Waals surface area contributed by atoms with Crippen LogP contribution in [0.3, 0.4) is 0 Å². The van der Waals surface area contributed by atoms with E-state index in [1.54, 1.807) is 24.5 Å². The highest BCUT2D eigenvalue weighted by Gasteiger charge is 2.07. The summed E-state index contributed by atoms with van der Waals surface area (Å²) in [5.74, 6) is 0.769. The molecule has 0 spiro atoms. The fourth-order valence-electron chi connectivity index (χ4n) is 2.11. The molecule has 1 heterocycles. The highest BCUT2D eigenvalue weighted by atomic mass is 32.1. The summed E-state index contributed by atoms with van der Waals surface area (Å²) in [6.45, 7) is 3.74. The molecule has 1 aromatic heterocycles. The minimum Gasteiger partial charge on any atom is -0.497 e. The Balaban J connectivity index is 2.44. The number of benzene rings is 2. The summed E-state index contributed by atoms with van der Waals surface area (Å²) in [4.78, 5) is 12.5. The SMILES string of the molecule is C=Cc1ccc2sc3cc(OC)ccc3c(=O)c2c1. The van der Waals surface area contributed by atoms with Gasteiger partial charge in [0.2, 0.25) is 0 Å². The van der Waals surface area contributed by atoms with E-state index in [1.165, 1.54) is 0 Å². The van der Waals surface area contributed by atoms with Crippen molar-refractivity contribution in [2.75, 3.05) is 7.11 Å². The molecule has 0 bridgehead atoms. The van der Waals surface area contributed by atoms with Crippen LogP contribution >= 0.6 is 11.3 Å². The lowest BCUT2D eigenvalue weighted by Gasteiger charge is -2.04. The molecule has 0 aliphatic heterocycles. The molecule has 3 rings (SSSR count). The highest BCUT2D eigenvalue weighted by Crippen LogP contribution is 2.28. The van der Waals surface area contributed by atoms with Crippen molar-refractivity contribution in [1.82, 2.24) is 0 Å². The maximum absolute atomic E-state index is 12.5. The van der Waals surface area contributed by atoms with Gasteiger partial charge in [-0.05, 0) is 35.9 Å². The van der Waals surface area contributed by atoms with Gasteiger partial charge in [-0.2, -0.15) is 0 Å². The summed E-state index contributed by atoms with van der Waals surface area (Å²) in [7, 11) is 1.63. The van der Waals surface area contributed by atoms with Crippen molar-refractivity contribution in [3.8, 4) is 5.75 Å². The third-order valence-corrected chi connectivity index (χ3v) is 4.27. The predicted molar refractivity (Wildman–Crippen MR) is 82.2 cm³/mol. The Hall–Kier alpha value is -2.13. The second-order valence-electron chi connectivity index (χ2n) is 4.25. The van der Waals surface area contributed by atoms with E-state index in [0.29, 0.717) is 0 Å². The van der Waals surface area contributed by atoms with Gasteiger partial charge in [0.1, 0.15) is 5.75 Å². The Labute approximate surface area is 114 Å². The van der Waals surface area contributed by atoms with E-state index < -0.39 is 0 Å². The van der Waals surface area contributed by atoms with Gasteiger partial charge in [0.05, 0.1) is 7.11 Å². The van der Waals surface area contributed by atoms with Crippen LogP contribution in [0, 0.1) is 0 Å². The molecule has 3 aromatic rings. The molecule has 94 valence electrons. The largest absolute Gasteiger partial charge is 0.497 e. The van der Waals surface area contributed by atoms with Crippen molar-refractivity contribution >= 4 is 37.6 Å². The zero-order valence-electron chi connectivity index (χ0n) is 10.5. The fourth-order valence-corrected chi connectivity index (χ4v) is 3.19. The van der Waals surface area contributed by atoms with Crippen LogP contribution in [0.15, 0.2) is 47.8 Å². The number of methoxy groups -OCH3 is 1. The molecule has 0 atom stereocenters. The first-order valence-corrected chi connectivity index (χ1v) is 6.71. The normalized spacial score (nSPS) is 10.8. The Morgan fingerprint density at radius 2 is 1.95 bits per heavy atom. The van der Waals surface area contributed by atoms with Crippen molar-refractivity contribution in [1.29, 1.82) is 0 Å². The van der Waals surface area contributed by atoms with Crippen LogP contribution in [0.2, 0.25) is 0 Å². The first-order valence-electron chi connectivity index (χ1n) is 5.90. The van der Waals surface area contributed by atoms with E-state index in [-0.39, 0.29) is 5.43 Å². The Bertz CT molecular complexity index is 846. The number of rotatable bonds is 2. The van der Waals surface area contributed by atoms with Gasteiger partial charge >= 0.3 is 0 Å². The van der Waals surface area contributed by atoms with E-state index in [9.17, 15) is 4.79 Å². The fraction of sp³-hybridized carbons (Fsp3) is 0.0625. The van der Waals surface area contributed by atoms with Gasteiger partial charge in [0, 0.05) is 20.2 Å². The Kier molecular flexibility index (Phi) is 2.84. The number of ether oxygens (including phenoxy) is 1. The maximum Gasteiger partial charge on any atom is 0.195 e. The molecule has 0 aliphatic carbocycles. The van der Waals surface area contributed by atoms with Gasteiger partial charge in [-0.15, -0.1) is 11.3 Å². The molecule has 0 saturated carbocycles. The van der Waals surface area contributed by atoms with Crippen LogP contribution < -0.4 is 10.2 Å². The molecule has 0 aliphatic rings. The van der Waals surface area contributed by atoms with Crippen molar-refractivity contribution in [3.05, 3.63) is 58.8 Å². The van der Waals surface area contributed by atoms with Gasteiger partial charge in [0.15, 0.2) is 5.43 Å². The molecule has 3 heteroatoms. The summed E-state index contributed by atoms with van der Waals surface area (Å²) >= 11 is 1.60. The van der Waals surface area contributed by atoms with Gasteiger partial charge in [-0.3, -0.25) is 4.79 Å². The minimum atomic E-state index is 0.0649. The van der Waals surface area contributed by atoms with Gasteiger partial charge < -0.3 is 4.74 Å². The van der Waals surface area contributed by atoms with Gasteiger partial charge in [-0.1, -0.05) is 18.7 Å². The number of fused-ring (bicyclic) bond motifs is 2. The summed E-state index contributed by atoms with van der Waals surface area (Å²) in [5.41, 5.74) is 1.03. The minimum absolute atomic E-state index is 0.0649. The van der Waals surface area contributed by atoms with Crippen molar-refractivity contribution in [2.45, 2.75) is 0 Å². The highest BCUT2D eigenvalue weighted by molar-refractivity contribution is 7.24. The van der Waals surface area contributed by atoms with Gasteiger partial charge in [-0.25, -0.2) is 0 Å². The number of hydrogen-bond acceptors (Lipinski definition) is 3. The van der Waals surface area contributed by atoms with Crippen molar-refractivity contribution in [3.63, 3.8) is 0 Å². The molecule has 0 amide bonds. The van der Waals surface area contributed by atoms with Crippen molar-refractivity contribution in [2.24, 2.45) is 0 Å². The molecule has 19 heavy (non-hydrogen) atoms. The second-order valence-corrected chi connectivity index (χ2v) is 5.34. The molecule has 2 nitrogen and oxygen atoms in total. The maximum atomic E-state index is 12.5. The molecule has 0 saturated heterocycles. The topological polar surface area (TPSA) is 26.3 Å². The molecule has 0 fully saturated rings. The van der Waals surface area contributed by atoms with Crippen LogP contribution in [-0.2, 0) is 0 Å². The zero-order chi connectivity index (χ0) is 13.4.